The third-order valence-electron chi connectivity index (χ3n) is 2.69. The molecule has 18 heavy (non-hydrogen) atoms. The highest BCUT2D eigenvalue weighted by atomic mass is 32.1. The average Bonchev–Trinajstić information content (AvgIpc) is 2.80. The normalized spacial score (nSPS) is 11.5. The maximum absolute atomic E-state index is 8.57. The van der Waals surface area contributed by atoms with Gasteiger partial charge in [0.25, 0.3) is 0 Å². The second-order valence-corrected chi connectivity index (χ2v) is 5.36. The van der Waals surface area contributed by atoms with Crippen molar-refractivity contribution in [3.8, 4) is 0 Å². The van der Waals surface area contributed by atoms with Gasteiger partial charge in [0, 0.05) is 24.2 Å². The number of imidazole rings is 1. The minimum atomic E-state index is 0.0799. The first-order valence-electron chi connectivity index (χ1n) is 6.05. The van der Waals surface area contributed by atoms with E-state index in [0.717, 1.165) is 23.7 Å². The number of aryl methyl sites for hydroxylation is 2. The van der Waals surface area contributed by atoms with Crippen molar-refractivity contribution in [2.24, 2.45) is 0 Å². The van der Waals surface area contributed by atoms with Gasteiger partial charge < -0.3 is 15.2 Å². The fourth-order valence-electron chi connectivity index (χ4n) is 1.84. The molecule has 5 nitrogen and oxygen atoms in total. The number of fused-ring (bicyclic) bond motifs is 1. The number of nitrogens with zero attached hydrogens (tertiary/aromatic N) is 2. The summed E-state index contributed by atoms with van der Waals surface area (Å²) in [6.07, 6.45) is 2.12. The van der Waals surface area contributed by atoms with E-state index in [1.807, 2.05) is 6.92 Å². The molecule has 100 valence electrons. The Hall–Kier alpha value is -0.950. The Morgan fingerprint density at radius 1 is 1.44 bits per heavy atom. The molecule has 0 aliphatic carbocycles. The number of thiazole rings is 1. The second-order valence-electron chi connectivity index (χ2n) is 4.15. The van der Waals surface area contributed by atoms with E-state index in [1.165, 1.54) is 10.6 Å². The summed E-state index contributed by atoms with van der Waals surface area (Å²) in [4.78, 5) is 6.86. The summed E-state index contributed by atoms with van der Waals surface area (Å²) in [6.45, 7) is 6.78. The van der Waals surface area contributed by atoms with Crippen LogP contribution in [0, 0.1) is 13.8 Å². The molecule has 0 amide bonds. The van der Waals surface area contributed by atoms with Gasteiger partial charge in [-0.15, -0.1) is 11.3 Å². The fourth-order valence-corrected chi connectivity index (χ4v) is 2.73. The topological polar surface area (TPSA) is 58.8 Å². The number of nitrogens with one attached hydrogen (secondary N) is 1. The van der Waals surface area contributed by atoms with Crippen molar-refractivity contribution in [1.82, 2.24) is 14.7 Å². The second kappa shape index (κ2) is 6.29. The maximum atomic E-state index is 8.57. The number of rotatable bonds is 7. The summed E-state index contributed by atoms with van der Waals surface area (Å²) in [5, 5.41) is 11.9. The van der Waals surface area contributed by atoms with E-state index >= 15 is 0 Å². The van der Waals surface area contributed by atoms with Gasteiger partial charge in [-0.1, -0.05) is 0 Å². The van der Waals surface area contributed by atoms with Crippen molar-refractivity contribution >= 4 is 16.3 Å². The van der Waals surface area contributed by atoms with E-state index in [4.69, 9.17) is 9.84 Å². The molecule has 0 spiro atoms. The summed E-state index contributed by atoms with van der Waals surface area (Å²) < 4.78 is 7.34. The number of aliphatic hydroxyl groups excluding tert-OH is 1. The third-order valence-corrected chi connectivity index (χ3v) is 3.59. The first-order chi connectivity index (χ1) is 8.72. The first kappa shape index (κ1) is 13.5. The van der Waals surface area contributed by atoms with Crippen LogP contribution < -0.4 is 5.32 Å². The first-order valence-corrected chi connectivity index (χ1v) is 6.87. The van der Waals surface area contributed by atoms with Crippen LogP contribution >= 0.6 is 11.3 Å². The molecule has 0 aromatic carbocycles. The van der Waals surface area contributed by atoms with E-state index in [-0.39, 0.29) is 6.61 Å². The highest BCUT2D eigenvalue weighted by Gasteiger charge is 2.10. The van der Waals surface area contributed by atoms with E-state index in [1.54, 1.807) is 11.3 Å². The van der Waals surface area contributed by atoms with Crippen molar-refractivity contribution in [2.45, 2.75) is 20.4 Å². The van der Waals surface area contributed by atoms with Crippen molar-refractivity contribution < 1.29 is 9.84 Å². The molecule has 0 atom stereocenters. The smallest absolute Gasteiger partial charge is 0.194 e. The molecule has 2 rings (SSSR count). The Balaban J connectivity index is 1.88. The average molecular weight is 269 g/mol. The Kier molecular flexibility index (Phi) is 4.71. The van der Waals surface area contributed by atoms with E-state index < -0.39 is 0 Å². The van der Waals surface area contributed by atoms with Crippen LogP contribution in [-0.4, -0.2) is 40.9 Å². The van der Waals surface area contributed by atoms with Crippen LogP contribution in [0.2, 0.25) is 0 Å². The molecule has 0 radical (unpaired) electrons. The molecule has 2 heterocycles. The molecule has 2 N–H and O–H groups in total. The quantitative estimate of drug-likeness (QED) is 0.739. The summed E-state index contributed by atoms with van der Waals surface area (Å²) in [5.41, 5.74) is 2.28. The van der Waals surface area contributed by atoms with Crippen molar-refractivity contribution in [3.05, 3.63) is 22.5 Å². The Bertz CT molecular complexity index is 507. The highest BCUT2D eigenvalue weighted by Crippen LogP contribution is 2.20. The van der Waals surface area contributed by atoms with Gasteiger partial charge in [0.05, 0.1) is 31.2 Å². The monoisotopic (exact) mass is 269 g/mol. The molecule has 0 aliphatic rings. The lowest BCUT2D eigenvalue weighted by Gasteiger charge is -2.05. The molecule has 0 unspecified atom stereocenters. The van der Waals surface area contributed by atoms with Crippen LogP contribution in [0.15, 0.2) is 6.20 Å². The molecule has 0 fully saturated rings. The van der Waals surface area contributed by atoms with Gasteiger partial charge in [-0.25, -0.2) is 4.98 Å². The van der Waals surface area contributed by atoms with Crippen molar-refractivity contribution in [1.29, 1.82) is 0 Å². The van der Waals surface area contributed by atoms with Gasteiger partial charge in [-0.05, 0) is 13.8 Å². The zero-order chi connectivity index (χ0) is 13.0. The van der Waals surface area contributed by atoms with Crippen molar-refractivity contribution in [3.63, 3.8) is 0 Å². The number of aromatic nitrogens is 2. The van der Waals surface area contributed by atoms with Gasteiger partial charge >= 0.3 is 0 Å². The number of aliphatic hydroxyl groups is 1. The van der Waals surface area contributed by atoms with Crippen molar-refractivity contribution in [2.75, 3.05) is 26.4 Å². The molecule has 2 aromatic heterocycles. The fraction of sp³-hybridized carbons (Fsp3) is 0.583. The Labute approximate surface area is 110 Å². The highest BCUT2D eigenvalue weighted by molar-refractivity contribution is 7.17. The standard InChI is InChI=1S/C12H19N3O2S/c1-9-8-15-11(10(2)14-12(15)18-9)7-13-3-5-17-6-4-16/h8,13,16H,3-7H2,1-2H3. The van der Waals surface area contributed by atoms with E-state index in [9.17, 15) is 0 Å². The SMILES string of the molecule is Cc1cn2c(CNCCOCCO)c(C)nc2s1. The van der Waals surface area contributed by atoms with Crippen LogP contribution in [0.3, 0.4) is 0 Å². The zero-order valence-electron chi connectivity index (χ0n) is 10.8. The van der Waals surface area contributed by atoms with Gasteiger partial charge in [-0.3, -0.25) is 4.40 Å². The third kappa shape index (κ3) is 3.08. The number of ether oxygens (including phenoxy) is 1. The molecule has 0 bridgehead atoms. The maximum Gasteiger partial charge on any atom is 0.194 e. The predicted molar refractivity (Wildman–Crippen MR) is 72.2 cm³/mol. The molecular formula is C12H19N3O2S. The van der Waals surface area contributed by atoms with Crippen LogP contribution in [-0.2, 0) is 11.3 Å². The van der Waals surface area contributed by atoms with Crippen LogP contribution in [0.5, 0.6) is 0 Å². The molecular weight excluding hydrogens is 250 g/mol. The van der Waals surface area contributed by atoms with Crippen LogP contribution in [0.25, 0.3) is 4.96 Å². The summed E-state index contributed by atoms with van der Waals surface area (Å²) >= 11 is 1.71. The molecule has 0 aliphatic heterocycles. The summed E-state index contributed by atoms with van der Waals surface area (Å²) in [7, 11) is 0. The van der Waals surface area contributed by atoms with Crippen LogP contribution in [0.4, 0.5) is 0 Å². The molecule has 2 aromatic rings. The lowest BCUT2D eigenvalue weighted by molar-refractivity contribution is 0.0937. The Morgan fingerprint density at radius 2 is 2.28 bits per heavy atom. The van der Waals surface area contributed by atoms with Crippen LogP contribution in [0.1, 0.15) is 16.3 Å². The lowest BCUT2D eigenvalue weighted by Crippen LogP contribution is -2.21. The van der Waals surface area contributed by atoms with Gasteiger partial charge in [0.1, 0.15) is 0 Å². The summed E-state index contributed by atoms with van der Waals surface area (Å²) in [6, 6.07) is 0. The summed E-state index contributed by atoms with van der Waals surface area (Å²) in [5.74, 6) is 0. The van der Waals surface area contributed by atoms with E-state index in [2.05, 4.69) is 27.8 Å². The van der Waals surface area contributed by atoms with Gasteiger partial charge in [0.2, 0.25) is 0 Å². The van der Waals surface area contributed by atoms with Gasteiger partial charge in [0.15, 0.2) is 4.96 Å². The largest absolute Gasteiger partial charge is 0.394 e. The number of hydrogen-bond acceptors (Lipinski definition) is 5. The van der Waals surface area contributed by atoms with E-state index in [0.29, 0.717) is 13.2 Å². The Morgan fingerprint density at radius 3 is 3.06 bits per heavy atom. The lowest BCUT2D eigenvalue weighted by atomic mass is 10.3. The molecule has 0 saturated carbocycles. The molecule has 0 saturated heterocycles. The zero-order valence-corrected chi connectivity index (χ0v) is 11.6. The minimum Gasteiger partial charge on any atom is -0.394 e. The predicted octanol–water partition coefficient (Wildman–Crippen LogP) is 1.11. The molecule has 6 heteroatoms. The minimum absolute atomic E-state index is 0.0799. The van der Waals surface area contributed by atoms with Gasteiger partial charge in [-0.2, -0.15) is 0 Å². The number of hydrogen-bond donors (Lipinski definition) is 2.